The number of fused-ring (bicyclic) bond motifs is 1. The van der Waals surface area contributed by atoms with E-state index in [1.54, 1.807) is 0 Å². The van der Waals surface area contributed by atoms with E-state index in [1.807, 2.05) is 0 Å². The van der Waals surface area contributed by atoms with Crippen molar-refractivity contribution in [3.05, 3.63) is 0 Å². The fraction of sp³-hybridized carbons (Fsp3) is 0.800. The molecule has 0 radical (unpaired) electrons. The Morgan fingerprint density at radius 1 is 1.19 bits per heavy atom. The number of nitrogens with one attached hydrogen (secondary N) is 1. The van der Waals surface area contributed by atoms with E-state index < -0.39 is 53.9 Å². The van der Waals surface area contributed by atoms with Crippen LogP contribution >= 0.6 is 0 Å². The van der Waals surface area contributed by atoms with Crippen LogP contribution in [-0.2, 0) is 9.53 Å². The van der Waals surface area contributed by atoms with Gasteiger partial charge in [-0.2, -0.15) is 0 Å². The molecule has 0 aromatic rings. The van der Waals surface area contributed by atoms with Gasteiger partial charge in [-0.25, -0.2) is 9.79 Å². The van der Waals surface area contributed by atoms with Gasteiger partial charge in [0, 0.05) is 0 Å². The van der Waals surface area contributed by atoms with Crippen LogP contribution in [0.25, 0.3) is 0 Å². The number of hydrogen-bond donors (Lipinski definition) is 8. The summed E-state index contributed by atoms with van der Waals surface area (Å²) >= 11 is 0. The number of aliphatic hydroxyl groups is 6. The molecular weight excluding hydrogens is 290 g/mol. The summed E-state index contributed by atoms with van der Waals surface area (Å²) in [5.74, 6) is -6.30. The van der Waals surface area contributed by atoms with E-state index >= 15 is 0 Å². The first-order chi connectivity index (χ1) is 9.64. The van der Waals surface area contributed by atoms with Crippen LogP contribution < -0.4 is 11.1 Å². The average molecular weight is 305 g/mol. The topological polar surface area (TPSA) is 198 Å². The van der Waals surface area contributed by atoms with Gasteiger partial charge in [-0.05, 0) is 0 Å². The van der Waals surface area contributed by atoms with Gasteiger partial charge >= 0.3 is 5.97 Å². The SMILES string of the molecule is NC1=N[C@H](O)C2C(O)C(O)(O)C3OC(=O)[C@@H](O)[C@]2(N1)[C@@H]3O. The third kappa shape index (κ3) is 1.52. The van der Waals surface area contributed by atoms with Crippen LogP contribution in [0.5, 0.6) is 0 Å². The third-order valence-corrected chi connectivity index (χ3v) is 4.38. The summed E-state index contributed by atoms with van der Waals surface area (Å²) in [6, 6.07) is 0. The lowest BCUT2D eigenvalue weighted by atomic mass is 9.60. The molecule has 2 fully saturated rings. The Kier molecular flexibility index (Phi) is 2.77. The number of nitrogens with zero attached hydrogens (tertiary/aromatic N) is 1. The molecule has 3 aliphatic rings. The molecule has 118 valence electrons. The summed E-state index contributed by atoms with van der Waals surface area (Å²) in [6.45, 7) is 0. The molecule has 1 saturated heterocycles. The zero-order chi connectivity index (χ0) is 15.7. The van der Waals surface area contributed by atoms with Crippen LogP contribution in [-0.4, -0.2) is 84.5 Å². The second-order valence-corrected chi connectivity index (χ2v) is 5.44. The maximum atomic E-state index is 11.7. The van der Waals surface area contributed by atoms with Crippen molar-refractivity contribution in [2.24, 2.45) is 16.6 Å². The molecule has 7 atom stereocenters. The molecule has 1 saturated carbocycles. The molecule has 0 aromatic heterocycles. The smallest absolute Gasteiger partial charge is 0.338 e. The van der Waals surface area contributed by atoms with Gasteiger partial charge in [-0.15, -0.1) is 0 Å². The highest BCUT2D eigenvalue weighted by atomic mass is 16.6. The molecule has 1 spiro atoms. The summed E-state index contributed by atoms with van der Waals surface area (Å²) in [5.41, 5.74) is 3.39. The maximum Gasteiger partial charge on any atom is 0.338 e. The van der Waals surface area contributed by atoms with Gasteiger partial charge < -0.3 is 46.4 Å². The number of ether oxygens (including phenoxy) is 1. The molecule has 21 heavy (non-hydrogen) atoms. The van der Waals surface area contributed by atoms with Gasteiger partial charge in [0.2, 0.25) is 5.79 Å². The molecule has 2 heterocycles. The summed E-state index contributed by atoms with van der Waals surface area (Å²) in [4.78, 5) is 15.2. The largest absolute Gasteiger partial charge is 0.452 e. The van der Waals surface area contributed by atoms with Crippen molar-refractivity contribution in [2.45, 2.75) is 42.0 Å². The molecular formula is C10H15N3O8. The minimum Gasteiger partial charge on any atom is -0.452 e. The van der Waals surface area contributed by atoms with Gasteiger partial charge in [0.15, 0.2) is 24.4 Å². The van der Waals surface area contributed by atoms with E-state index in [4.69, 9.17) is 5.73 Å². The van der Waals surface area contributed by atoms with Crippen molar-refractivity contribution >= 4 is 11.9 Å². The third-order valence-electron chi connectivity index (χ3n) is 4.38. The number of hydrogen-bond acceptors (Lipinski definition) is 11. The van der Waals surface area contributed by atoms with Crippen molar-refractivity contribution in [1.82, 2.24) is 5.32 Å². The normalized spacial score (nSPS) is 51.3. The van der Waals surface area contributed by atoms with Crippen LogP contribution in [0.2, 0.25) is 0 Å². The molecule has 2 bridgehead atoms. The zero-order valence-corrected chi connectivity index (χ0v) is 10.5. The predicted octanol–water partition coefficient (Wildman–Crippen LogP) is -5.72. The first-order valence-electron chi connectivity index (χ1n) is 6.13. The highest BCUT2D eigenvalue weighted by Gasteiger charge is 2.75. The fourth-order valence-corrected chi connectivity index (χ4v) is 3.37. The van der Waals surface area contributed by atoms with Gasteiger partial charge in [-0.3, -0.25) is 0 Å². The van der Waals surface area contributed by atoms with Gasteiger partial charge in [0.25, 0.3) is 0 Å². The van der Waals surface area contributed by atoms with Crippen molar-refractivity contribution < 1.29 is 40.2 Å². The molecule has 11 heteroatoms. The Labute approximate surface area is 117 Å². The average Bonchev–Trinajstić information content (AvgIpc) is 2.38. The quantitative estimate of drug-likeness (QED) is 0.157. The Morgan fingerprint density at radius 2 is 1.81 bits per heavy atom. The molecule has 11 nitrogen and oxygen atoms in total. The molecule has 1 aliphatic carbocycles. The van der Waals surface area contributed by atoms with Crippen molar-refractivity contribution in [2.75, 3.05) is 0 Å². The highest BCUT2D eigenvalue weighted by Crippen LogP contribution is 2.48. The number of nitrogens with two attached hydrogens (primary N) is 1. The number of aliphatic imine (C=N–C) groups is 1. The molecule has 2 aliphatic heterocycles. The Hall–Kier alpha value is -1.50. The van der Waals surface area contributed by atoms with Gasteiger partial charge in [0.1, 0.15) is 17.7 Å². The lowest BCUT2D eigenvalue weighted by Crippen LogP contribution is -2.88. The summed E-state index contributed by atoms with van der Waals surface area (Å²) in [6.07, 6.45) is -9.67. The summed E-state index contributed by atoms with van der Waals surface area (Å²) < 4.78 is 4.58. The zero-order valence-electron chi connectivity index (χ0n) is 10.5. The second kappa shape index (κ2) is 4.03. The first kappa shape index (κ1) is 14.4. The number of esters is 1. The first-order valence-corrected chi connectivity index (χ1v) is 6.13. The second-order valence-electron chi connectivity index (χ2n) is 5.44. The fourth-order valence-electron chi connectivity index (χ4n) is 3.37. The number of rotatable bonds is 0. The number of carbonyl (C=O) groups excluding carboxylic acids is 1. The van der Waals surface area contributed by atoms with E-state index in [0.29, 0.717) is 0 Å². The standard InChI is InChI=1S/C10H15N3O8/c11-8-12-6(17)1-2(14)10(19,20)5-3(15)9(1,13-8)4(16)7(18)21-5/h1-6,14-17,19-20H,(H3,11,12,13)/t1?,2?,3-,4-,5?,6-,9-/m1/s1. The van der Waals surface area contributed by atoms with Gasteiger partial charge in [-0.1, -0.05) is 0 Å². The summed E-state index contributed by atoms with van der Waals surface area (Å²) in [7, 11) is 0. The van der Waals surface area contributed by atoms with E-state index in [2.05, 4.69) is 15.0 Å². The van der Waals surface area contributed by atoms with E-state index in [-0.39, 0.29) is 5.96 Å². The minimum atomic E-state index is -3.03. The Morgan fingerprint density at radius 3 is 2.43 bits per heavy atom. The maximum absolute atomic E-state index is 11.7. The summed E-state index contributed by atoms with van der Waals surface area (Å²) in [5, 5.41) is 62.6. The van der Waals surface area contributed by atoms with Crippen LogP contribution in [0.3, 0.4) is 0 Å². The monoisotopic (exact) mass is 305 g/mol. The Bertz CT molecular complexity index is 524. The number of carbonyl (C=O) groups is 1. The minimum absolute atomic E-state index is 0.388. The van der Waals surface area contributed by atoms with Crippen LogP contribution in [0.15, 0.2) is 4.99 Å². The van der Waals surface area contributed by atoms with E-state index in [1.165, 1.54) is 0 Å². The van der Waals surface area contributed by atoms with Crippen molar-refractivity contribution in [3.63, 3.8) is 0 Å². The van der Waals surface area contributed by atoms with Crippen molar-refractivity contribution in [3.8, 4) is 0 Å². The molecule has 3 rings (SSSR count). The van der Waals surface area contributed by atoms with E-state index in [9.17, 15) is 35.4 Å². The molecule has 9 N–H and O–H groups in total. The van der Waals surface area contributed by atoms with Gasteiger partial charge in [0.05, 0.1) is 5.92 Å². The lowest BCUT2D eigenvalue weighted by molar-refractivity contribution is -0.365. The lowest BCUT2D eigenvalue weighted by Gasteiger charge is -2.61. The van der Waals surface area contributed by atoms with Crippen LogP contribution in [0.4, 0.5) is 0 Å². The van der Waals surface area contributed by atoms with Crippen molar-refractivity contribution in [1.29, 1.82) is 0 Å². The van der Waals surface area contributed by atoms with E-state index in [0.717, 1.165) is 0 Å². The predicted molar refractivity (Wildman–Crippen MR) is 62.1 cm³/mol. The molecule has 0 aromatic carbocycles. The number of aliphatic hydroxyl groups excluding tert-OH is 4. The molecule has 3 unspecified atom stereocenters. The van der Waals surface area contributed by atoms with Crippen LogP contribution in [0, 0.1) is 5.92 Å². The molecule has 0 amide bonds. The van der Waals surface area contributed by atoms with Crippen LogP contribution in [0.1, 0.15) is 0 Å². The highest BCUT2D eigenvalue weighted by molar-refractivity contribution is 5.84. The number of guanidine groups is 1. The Balaban J connectivity index is 2.22.